The van der Waals surface area contributed by atoms with E-state index >= 15 is 0 Å². The van der Waals surface area contributed by atoms with Crippen molar-refractivity contribution in [3.8, 4) is 0 Å². The summed E-state index contributed by atoms with van der Waals surface area (Å²) in [5.74, 6) is -0.278. The van der Waals surface area contributed by atoms with Crippen molar-refractivity contribution in [2.45, 2.75) is 57.2 Å². The van der Waals surface area contributed by atoms with Crippen LogP contribution in [0.5, 0.6) is 0 Å². The van der Waals surface area contributed by atoms with Crippen LogP contribution in [-0.4, -0.2) is 82.5 Å². The molecule has 2 aliphatic heterocycles. The number of nitrogens with zero attached hydrogens (tertiary/aromatic N) is 3. The maximum atomic E-state index is 13.6. The molecule has 1 unspecified atom stereocenters. The van der Waals surface area contributed by atoms with Crippen molar-refractivity contribution in [2.75, 3.05) is 32.7 Å². The lowest BCUT2D eigenvalue weighted by Gasteiger charge is -2.38. The highest BCUT2D eigenvalue weighted by Crippen LogP contribution is 2.28. The summed E-state index contributed by atoms with van der Waals surface area (Å²) in [5.41, 5.74) is 3.99. The molecular weight excluding hydrogens is 614 g/mol. The summed E-state index contributed by atoms with van der Waals surface area (Å²) in [4.78, 5) is 48.5. The third-order valence-corrected chi connectivity index (χ3v) is 9.74. The first kappa shape index (κ1) is 32.6. The summed E-state index contributed by atoms with van der Waals surface area (Å²) in [6.45, 7) is 5.65. The van der Waals surface area contributed by atoms with Gasteiger partial charge < -0.3 is 24.8 Å². The van der Waals surface area contributed by atoms with Crippen molar-refractivity contribution in [1.82, 2.24) is 25.0 Å². The molecule has 0 bridgehead atoms. The average Bonchev–Trinajstić information content (AvgIpc) is 3.62. The number of imide groups is 1. The summed E-state index contributed by atoms with van der Waals surface area (Å²) >= 11 is 6.39. The molecule has 2 N–H and O–H groups in total. The summed E-state index contributed by atoms with van der Waals surface area (Å²) in [5, 5.41) is 4.61. The molecule has 1 aromatic heterocycles. The molecule has 0 radical (unpaired) electrons. The molecular formula is C37H42ClN5O4. The number of fused-ring (bicyclic) bond motifs is 1. The molecule has 0 spiro atoms. The van der Waals surface area contributed by atoms with Gasteiger partial charge in [-0.3, -0.25) is 9.69 Å². The van der Waals surface area contributed by atoms with Crippen molar-refractivity contribution in [2.24, 2.45) is 0 Å². The molecule has 2 atom stereocenters. The van der Waals surface area contributed by atoms with E-state index in [2.05, 4.69) is 15.2 Å². The van der Waals surface area contributed by atoms with E-state index in [4.69, 9.17) is 16.3 Å². The fourth-order valence-electron chi connectivity index (χ4n) is 6.88. The van der Waals surface area contributed by atoms with E-state index in [9.17, 15) is 14.4 Å². The van der Waals surface area contributed by atoms with Gasteiger partial charge in [-0.05, 0) is 67.6 Å². The molecule has 2 fully saturated rings. The van der Waals surface area contributed by atoms with Gasteiger partial charge in [0.2, 0.25) is 0 Å². The Morgan fingerprint density at radius 2 is 1.79 bits per heavy atom. The van der Waals surface area contributed by atoms with Gasteiger partial charge in [-0.25, -0.2) is 9.59 Å². The predicted molar refractivity (Wildman–Crippen MR) is 183 cm³/mol. The van der Waals surface area contributed by atoms with Crippen LogP contribution in [0.2, 0.25) is 5.02 Å². The van der Waals surface area contributed by atoms with Crippen molar-refractivity contribution < 1.29 is 19.1 Å². The Morgan fingerprint density at radius 1 is 1.02 bits per heavy atom. The van der Waals surface area contributed by atoms with Gasteiger partial charge >= 0.3 is 12.1 Å². The maximum Gasteiger partial charge on any atom is 0.410 e. The van der Waals surface area contributed by atoms with Gasteiger partial charge in [0.1, 0.15) is 12.6 Å². The minimum Gasteiger partial charge on any atom is -0.445 e. The Kier molecular flexibility index (Phi) is 10.4. The number of carbonyl (C=O) groups is 3. The van der Waals surface area contributed by atoms with Crippen molar-refractivity contribution >= 4 is 40.5 Å². The fourth-order valence-corrected chi connectivity index (χ4v) is 7.08. The van der Waals surface area contributed by atoms with E-state index in [0.29, 0.717) is 18.0 Å². The molecule has 4 amide bonds. The normalized spacial score (nSPS) is 18.0. The Hall–Kier alpha value is -4.34. The highest BCUT2D eigenvalue weighted by atomic mass is 35.5. The number of benzene rings is 3. The van der Waals surface area contributed by atoms with Gasteiger partial charge in [-0.15, -0.1) is 0 Å². The van der Waals surface area contributed by atoms with Crippen molar-refractivity contribution in [3.63, 3.8) is 0 Å². The Morgan fingerprint density at radius 3 is 2.55 bits per heavy atom. The number of hydrogen-bond donors (Lipinski definition) is 2. The van der Waals surface area contributed by atoms with Crippen LogP contribution >= 0.6 is 11.6 Å². The summed E-state index contributed by atoms with van der Waals surface area (Å²) in [7, 11) is 0. The van der Waals surface area contributed by atoms with Crippen LogP contribution in [0.25, 0.3) is 10.9 Å². The first-order valence-electron chi connectivity index (χ1n) is 16.5. The number of para-hydroxylation sites is 1. The van der Waals surface area contributed by atoms with Crippen molar-refractivity contribution in [3.05, 3.63) is 107 Å². The van der Waals surface area contributed by atoms with E-state index in [1.54, 1.807) is 0 Å². The molecule has 47 heavy (non-hydrogen) atoms. The fraction of sp³-hybridized carbons (Fsp3) is 0.378. The minimum absolute atomic E-state index is 0.0759. The molecule has 3 heterocycles. The van der Waals surface area contributed by atoms with Crippen molar-refractivity contribution in [1.29, 1.82) is 0 Å². The Balaban J connectivity index is 1.05. The largest absolute Gasteiger partial charge is 0.445 e. The molecule has 0 saturated carbocycles. The first-order chi connectivity index (χ1) is 22.9. The summed E-state index contributed by atoms with van der Waals surface area (Å²) < 4.78 is 5.63. The van der Waals surface area contributed by atoms with E-state index in [1.165, 1.54) is 4.90 Å². The lowest BCUT2D eigenvalue weighted by Crippen LogP contribution is -2.47. The number of H-pyrrole nitrogens is 1. The van der Waals surface area contributed by atoms with Crippen LogP contribution in [0.3, 0.4) is 0 Å². The number of urea groups is 1. The van der Waals surface area contributed by atoms with Crippen LogP contribution in [0.1, 0.15) is 48.8 Å². The van der Waals surface area contributed by atoms with Gasteiger partial charge in [-0.1, -0.05) is 72.3 Å². The number of rotatable bonds is 12. The predicted octanol–water partition coefficient (Wildman–Crippen LogP) is 6.58. The summed E-state index contributed by atoms with van der Waals surface area (Å²) in [6.07, 6.45) is 4.55. The number of likely N-dealkylation sites (tertiary alicyclic amines) is 1. The second kappa shape index (κ2) is 15.0. The standard InChI is InChI=1S/C37H42ClN5O4/c1-2-42(37(46)47-25-26-9-4-3-5-10-26)31-16-19-41(20-17-31)18-15-28(27-11-8-12-30(38)21-27)24-43-35(44)34(40-36(43)45)22-29-23-39-33-14-7-6-13-32(29)33/h3-14,21,23,28,31,34,39H,2,15-20,22,24-25H2,1H3,(H,40,45)/t28?,34-/m0/s1. The van der Waals surface area contributed by atoms with E-state index in [0.717, 1.165) is 66.5 Å². The van der Waals surface area contributed by atoms with Crippen LogP contribution in [0.15, 0.2) is 85.1 Å². The highest BCUT2D eigenvalue weighted by Gasteiger charge is 2.39. The number of aromatic amines is 1. The lowest BCUT2D eigenvalue weighted by atomic mass is 9.94. The monoisotopic (exact) mass is 655 g/mol. The molecule has 2 aliphatic rings. The lowest BCUT2D eigenvalue weighted by molar-refractivity contribution is -0.127. The van der Waals surface area contributed by atoms with Gasteiger partial charge in [0.15, 0.2) is 0 Å². The average molecular weight is 656 g/mol. The second-order valence-electron chi connectivity index (χ2n) is 12.5. The van der Waals surface area contributed by atoms with Crippen LogP contribution in [0.4, 0.5) is 9.59 Å². The van der Waals surface area contributed by atoms with E-state index < -0.39 is 6.04 Å². The van der Waals surface area contributed by atoms with E-state index in [-0.39, 0.29) is 43.1 Å². The Labute approximate surface area is 280 Å². The number of nitrogens with one attached hydrogen (secondary N) is 2. The third kappa shape index (κ3) is 7.80. The smallest absolute Gasteiger partial charge is 0.410 e. The SMILES string of the molecule is CCN(C(=O)OCc1ccccc1)C1CCN(CCC(CN2C(=O)N[C@@H](Cc3c[nH]c4ccccc34)C2=O)c2cccc(Cl)c2)CC1. The molecule has 9 nitrogen and oxygen atoms in total. The number of amides is 4. The zero-order chi connectivity index (χ0) is 32.8. The highest BCUT2D eigenvalue weighted by molar-refractivity contribution is 6.30. The molecule has 10 heteroatoms. The number of carbonyl (C=O) groups excluding carboxylic acids is 3. The zero-order valence-corrected chi connectivity index (χ0v) is 27.5. The van der Waals surface area contributed by atoms with Gasteiger partial charge in [-0.2, -0.15) is 0 Å². The molecule has 2 saturated heterocycles. The minimum atomic E-state index is -0.610. The molecule has 246 valence electrons. The number of piperidine rings is 1. The van der Waals surface area contributed by atoms with Gasteiger partial charge in [0.05, 0.1) is 0 Å². The van der Waals surface area contributed by atoms with Gasteiger partial charge in [0.25, 0.3) is 5.91 Å². The van der Waals surface area contributed by atoms with Crippen LogP contribution in [-0.2, 0) is 22.6 Å². The van der Waals surface area contributed by atoms with Crippen LogP contribution in [0, 0.1) is 0 Å². The topological polar surface area (TPSA) is 98.0 Å². The number of halogens is 1. The number of hydrogen-bond acceptors (Lipinski definition) is 5. The molecule has 4 aromatic rings. The second-order valence-corrected chi connectivity index (χ2v) is 12.9. The maximum absolute atomic E-state index is 13.6. The zero-order valence-electron chi connectivity index (χ0n) is 26.7. The quantitative estimate of drug-likeness (QED) is 0.168. The molecule has 3 aromatic carbocycles. The Bertz CT molecular complexity index is 1690. The molecule has 0 aliphatic carbocycles. The number of aromatic nitrogens is 1. The van der Waals surface area contributed by atoms with E-state index in [1.807, 2.05) is 96.9 Å². The van der Waals surface area contributed by atoms with Gasteiger partial charge in [0, 0.05) is 66.7 Å². The number of ether oxygens (including phenoxy) is 1. The van der Waals surface area contributed by atoms with Crippen LogP contribution < -0.4 is 5.32 Å². The molecule has 6 rings (SSSR count). The summed E-state index contributed by atoms with van der Waals surface area (Å²) in [6, 6.07) is 24.6. The first-order valence-corrected chi connectivity index (χ1v) is 16.9. The third-order valence-electron chi connectivity index (χ3n) is 9.50.